The Balaban J connectivity index is 2.11. The van der Waals surface area contributed by atoms with Gasteiger partial charge in [-0.1, -0.05) is 40.9 Å². The molecule has 1 amide bonds. The van der Waals surface area contributed by atoms with Gasteiger partial charge < -0.3 is 5.32 Å². The monoisotopic (exact) mass is 362 g/mol. The quantitative estimate of drug-likeness (QED) is 0.613. The molecular formula is C14H10Cl2F2N2OS. The Labute approximate surface area is 140 Å². The summed E-state index contributed by atoms with van der Waals surface area (Å²) < 4.78 is 27.9. The molecule has 3 nitrogen and oxygen atoms in total. The lowest BCUT2D eigenvalue weighted by Crippen LogP contribution is -2.31. The first-order valence-corrected chi connectivity index (χ1v) is 7.61. The van der Waals surface area contributed by atoms with Crippen molar-refractivity contribution in [1.29, 1.82) is 0 Å². The van der Waals surface area contributed by atoms with Crippen LogP contribution in [0.15, 0.2) is 41.3 Å². The molecule has 0 unspecified atom stereocenters. The molecule has 0 saturated heterocycles. The number of aryl methyl sites for hydroxylation is 1. The predicted octanol–water partition coefficient (Wildman–Crippen LogP) is 5.02. The van der Waals surface area contributed by atoms with Crippen molar-refractivity contribution in [3.05, 3.63) is 52.3 Å². The van der Waals surface area contributed by atoms with Gasteiger partial charge in [-0.15, -0.1) is 0 Å². The van der Waals surface area contributed by atoms with Crippen LogP contribution in [-0.2, 0) is 4.79 Å². The van der Waals surface area contributed by atoms with Crippen LogP contribution in [0.3, 0.4) is 0 Å². The van der Waals surface area contributed by atoms with Crippen LogP contribution in [-0.4, -0.2) is 16.1 Å². The minimum absolute atomic E-state index is 0.00250. The summed E-state index contributed by atoms with van der Waals surface area (Å²) >= 11 is 11.5. The number of halogens is 4. The molecule has 116 valence electrons. The molecule has 22 heavy (non-hydrogen) atoms. The third kappa shape index (κ3) is 4.56. The lowest BCUT2D eigenvalue weighted by Gasteiger charge is -2.15. The number of nitrogens with one attached hydrogen (secondary N) is 1. The van der Waals surface area contributed by atoms with Crippen LogP contribution in [0.2, 0.25) is 10.3 Å². The number of benzene rings is 1. The van der Waals surface area contributed by atoms with E-state index in [1.165, 1.54) is 24.3 Å². The molecule has 0 fully saturated rings. The third-order valence-corrected chi connectivity index (χ3v) is 3.89. The van der Waals surface area contributed by atoms with Gasteiger partial charge in [0.15, 0.2) is 0 Å². The van der Waals surface area contributed by atoms with Gasteiger partial charge in [-0.05, 0) is 43.0 Å². The van der Waals surface area contributed by atoms with E-state index in [2.05, 4.69) is 10.3 Å². The summed E-state index contributed by atoms with van der Waals surface area (Å²) in [6, 6.07) is 8.91. The van der Waals surface area contributed by atoms with E-state index < -0.39 is 11.2 Å². The summed E-state index contributed by atoms with van der Waals surface area (Å²) in [6.45, 7) is 1.84. The highest BCUT2D eigenvalue weighted by atomic mass is 35.5. The molecule has 1 N–H and O–H groups in total. The second-order valence-electron chi connectivity index (χ2n) is 4.39. The molecule has 1 heterocycles. The van der Waals surface area contributed by atoms with E-state index in [4.69, 9.17) is 23.2 Å². The molecule has 0 bridgehead atoms. The second kappa shape index (κ2) is 6.81. The molecule has 0 aliphatic rings. The van der Waals surface area contributed by atoms with E-state index >= 15 is 0 Å². The normalized spacial score (nSPS) is 11.3. The van der Waals surface area contributed by atoms with Crippen LogP contribution in [0.1, 0.15) is 5.56 Å². The third-order valence-electron chi connectivity index (χ3n) is 2.55. The first kappa shape index (κ1) is 17.0. The molecule has 0 saturated carbocycles. The number of carbonyl (C=O) groups excluding carboxylic acids is 1. The lowest BCUT2D eigenvalue weighted by molar-refractivity contribution is -0.129. The van der Waals surface area contributed by atoms with Crippen LogP contribution >= 0.6 is 35.0 Å². The predicted molar refractivity (Wildman–Crippen MR) is 84.9 cm³/mol. The van der Waals surface area contributed by atoms with Gasteiger partial charge in [-0.25, -0.2) is 4.98 Å². The van der Waals surface area contributed by atoms with Crippen molar-refractivity contribution >= 4 is 46.6 Å². The summed E-state index contributed by atoms with van der Waals surface area (Å²) in [5.41, 5.74) is 0.998. The van der Waals surface area contributed by atoms with Crippen LogP contribution in [0.4, 0.5) is 14.5 Å². The first-order valence-electron chi connectivity index (χ1n) is 6.04. The van der Waals surface area contributed by atoms with Crippen LogP contribution < -0.4 is 5.32 Å². The zero-order valence-corrected chi connectivity index (χ0v) is 13.6. The van der Waals surface area contributed by atoms with Crippen molar-refractivity contribution in [2.45, 2.75) is 17.1 Å². The number of alkyl halides is 2. The SMILES string of the molecule is Cc1ccc(SC(F)(F)C(=O)Nc2cc(Cl)nc(Cl)c2)cc1. The highest BCUT2D eigenvalue weighted by molar-refractivity contribution is 8.01. The van der Waals surface area contributed by atoms with Gasteiger partial charge in [0.25, 0.3) is 0 Å². The van der Waals surface area contributed by atoms with Crippen molar-refractivity contribution in [1.82, 2.24) is 4.98 Å². The van der Waals surface area contributed by atoms with Gasteiger partial charge >= 0.3 is 11.2 Å². The summed E-state index contributed by atoms with van der Waals surface area (Å²) in [5, 5.41) is -1.57. The van der Waals surface area contributed by atoms with Crippen LogP contribution in [0.5, 0.6) is 0 Å². The average molecular weight is 363 g/mol. The number of aromatic nitrogens is 1. The summed E-state index contributed by atoms with van der Waals surface area (Å²) in [5.74, 6) is -1.46. The van der Waals surface area contributed by atoms with Crippen molar-refractivity contribution in [2.24, 2.45) is 0 Å². The number of hydrogen-bond donors (Lipinski definition) is 1. The molecule has 2 aromatic rings. The lowest BCUT2D eigenvalue weighted by atomic mass is 10.2. The smallest absolute Gasteiger partial charge is 0.320 e. The number of thioether (sulfide) groups is 1. The van der Waals surface area contributed by atoms with Gasteiger partial charge in [0.05, 0.1) is 0 Å². The van der Waals surface area contributed by atoms with Gasteiger partial charge in [0.2, 0.25) is 0 Å². The fourth-order valence-electron chi connectivity index (χ4n) is 1.54. The maximum atomic E-state index is 14.0. The highest BCUT2D eigenvalue weighted by Crippen LogP contribution is 2.37. The molecule has 0 radical (unpaired) electrons. The molecule has 0 spiro atoms. The highest BCUT2D eigenvalue weighted by Gasteiger charge is 2.40. The molecule has 1 aromatic heterocycles. The Morgan fingerprint density at radius 3 is 2.27 bits per heavy atom. The van der Waals surface area contributed by atoms with Crippen LogP contribution in [0, 0.1) is 6.92 Å². The van der Waals surface area contributed by atoms with E-state index in [9.17, 15) is 13.6 Å². The Morgan fingerprint density at radius 1 is 1.18 bits per heavy atom. The number of hydrogen-bond acceptors (Lipinski definition) is 3. The summed E-state index contributed by atoms with van der Waals surface area (Å²) in [7, 11) is 0. The fraction of sp³-hybridized carbons (Fsp3) is 0.143. The van der Waals surface area contributed by atoms with Gasteiger partial charge in [-0.2, -0.15) is 8.78 Å². The Hall–Kier alpha value is -1.37. The number of nitrogens with zero attached hydrogens (tertiary/aromatic N) is 1. The van der Waals surface area contributed by atoms with Crippen molar-refractivity contribution < 1.29 is 13.6 Å². The van der Waals surface area contributed by atoms with Gasteiger partial charge in [0, 0.05) is 10.6 Å². The molecule has 0 aliphatic heterocycles. The minimum atomic E-state index is -3.64. The average Bonchev–Trinajstić information content (AvgIpc) is 2.40. The second-order valence-corrected chi connectivity index (χ2v) is 6.35. The standard InChI is InChI=1S/C14H10Cl2F2N2OS/c1-8-2-4-10(5-3-8)22-14(17,18)13(21)19-9-6-11(15)20-12(16)7-9/h2-7H,1H3,(H,19,20,21). The van der Waals surface area contributed by atoms with Crippen LogP contribution in [0.25, 0.3) is 0 Å². The zero-order valence-electron chi connectivity index (χ0n) is 11.2. The zero-order chi connectivity index (χ0) is 16.3. The number of rotatable bonds is 4. The molecule has 2 rings (SSSR count). The summed E-state index contributed by atoms with van der Waals surface area (Å²) in [4.78, 5) is 15.7. The number of carbonyl (C=O) groups is 1. The van der Waals surface area contributed by atoms with E-state index in [1.54, 1.807) is 12.1 Å². The van der Waals surface area contributed by atoms with Crippen molar-refractivity contribution in [3.63, 3.8) is 0 Å². The molecule has 0 aliphatic carbocycles. The number of pyridine rings is 1. The Kier molecular flexibility index (Phi) is 5.26. The Morgan fingerprint density at radius 2 is 1.73 bits per heavy atom. The van der Waals surface area contributed by atoms with Gasteiger partial charge in [0.1, 0.15) is 10.3 Å². The molecule has 1 aromatic carbocycles. The maximum absolute atomic E-state index is 14.0. The minimum Gasteiger partial charge on any atom is -0.320 e. The topological polar surface area (TPSA) is 42.0 Å². The maximum Gasteiger partial charge on any atom is 0.375 e. The van der Waals surface area contributed by atoms with Crippen molar-refractivity contribution in [3.8, 4) is 0 Å². The largest absolute Gasteiger partial charge is 0.375 e. The van der Waals surface area contributed by atoms with E-state index in [1.807, 2.05) is 6.92 Å². The first-order chi connectivity index (χ1) is 10.3. The number of anilines is 1. The van der Waals surface area contributed by atoms with Gasteiger partial charge in [-0.3, -0.25) is 4.79 Å². The number of amides is 1. The molecular weight excluding hydrogens is 353 g/mol. The summed E-state index contributed by atoms with van der Waals surface area (Å²) in [6.07, 6.45) is 0. The van der Waals surface area contributed by atoms with E-state index in [0.717, 1.165) is 5.56 Å². The fourth-order valence-corrected chi connectivity index (χ4v) is 2.71. The Bertz CT molecular complexity index is 675. The van der Waals surface area contributed by atoms with E-state index in [-0.39, 0.29) is 32.7 Å². The van der Waals surface area contributed by atoms with E-state index in [0.29, 0.717) is 0 Å². The van der Waals surface area contributed by atoms with Crippen molar-refractivity contribution in [2.75, 3.05) is 5.32 Å². The molecule has 8 heteroatoms. The molecule has 0 atom stereocenters.